The van der Waals surface area contributed by atoms with Crippen molar-refractivity contribution in [3.05, 3.63) is 0 Å². The minimum atomic E-state index is -4.06. The Balaban J connectivity index is 2.01. The third-order valence-electron chi connectivity index (χ3n) is 2.21. The Morgan fingerprint density at radius 3 is 2.75 bits per heavy atom. The number of hydrogen-bond acceptors (Lipinski definition) is 5. The largest absolute Gasteiger partial charge is 0.351 e. The molecule has 0 aromatic carbocycles. The van der Waals surface area contributed by atoms with Gasteiger partial charge in [0.15, 0.2) is 0 Å². The number of carbonyl (C=O) groups is 1. The monoisotopic (exact) mass is 284 g/mol. The highest BCUT2D eigenvalue weighted by Crippen LogP contribution is 2.39. The molecule has 8 heteroatoms. The van der Waals surface area contributed by atoms with E-state index in [-0.39, 0.29) is 0 Å². The average molecular weight is 284 g/mol. The molecular weight excluding hydrogens is 268 g/mol. The van der Waals surface area contributed by atoms with Crippen LogP contribution in [0, 0.1) is 0 Å². The second-order valence-electron chi connectivity index (χ2n) is 3.58. The summed E-state index contributed by atoms with van der Waals surface area (Å²) in [5, 5.41) is 6.57. The number of nitrogens with two attached hydrogens (primary N) is 1. The molecule has 0 aliphatic carbocycles. The Bertz CT molecular complexity index is 325. The van der Waals surface area contributed by atoms with Crippen molar-refractivity contribution >= 4 is 36.9 Å². The van der Waals surface area contributed by atoms with Gasteiger partial charge in [0.2, 0.25) is 0 Å². The average Bonchev–Trinajstić information content (AvgIpc) is 2.68. The molecule has 0 aromatic heterocycles. The highest BCUT2D eigenvalue weighted by Gasteiger charge is 2.17. The van der Waals surface area contributed by atoms with Gasteiger partial charge in [0, 0.05) is 17.5 Å². The van der Waals surface area contributed by atoms with Gasteiger partial charge >= 0.3 is 5.24 Å². The number of amides is 1. The Hall–Kier alpha value is 0.0800. The number of sulfonamides is 1. The molecular formula is C8H16N2O3S3. The first-order valence-electron chi connectivity index (χ1n) is 5.09. The number of unbranched alkanes of at least 4 members (excludes halogenated alkanes) is 1. The lowest BCUT2D eigenvalue weighted by molar-refractivity contribution is 0.258. The van der Waals surface area contributed by atoms with E-state index in [9.17, 15) is 13.2 Å². The maximum absolute atomic E-state index is 10.9. The van der Waals surface area contributed by atoms with Gasteiger partial charge in [0.05, 0.1) is 0 Å². The van der Waals surface area contributed by atoms with Gasteiger partial charge in [-0.15, -0.1) is 0 Å². The van der Waals surface area contributed by atoms with E-state index in [1.807, 2.05) is 21.6 Å². The summed E-state index contributed by atoms with van der Waals surface area (Å²) < 4.78 is 21.1. The molecule has 1 atom stereocenters. The summed E-state index contributed by atoms with van der Waals surface area (Å²) in [5.74, 6) is 1.22. The lowest BCUT2D eigenvalue weighted by atomic mass is 10.1. The van der Waals surface area contributed by atoms with Gasteiger partial charge in [-0.25, -0.2) is 13.6 Å². The Morgan fingerprint density at radius 2 is 2.19 bits per heavy atom. The summed E-state index contributed by atoms with van der Waals surface area (Å²) in [6.07, 6.45) is 4.17. The van der Waals surface area contributed by atoms with Crippen molar-refractivity contribution in [1.29, 1.82) is 0 Å². The minimum Gasteiger partial charge on any atom is -0.342 e. The van der Waals surface area contributed by atoms with E-state index in [1.165, 1.54) is 12.2 Å². The molecule has 3 N–H and O–H groups in total. The zero-order chi connectivity index (χ0) is 12.0. The van der Waals surface area contributed by atoms with Crippen molar-refractivity contribution in [2.75, 3.05) is 12.3 Å². The number of primary sulfonamides is 1. The standard InChI is InChI=1S/C8H16N2O3S3/c9-16(12,13)8(11)10-5-2-1-3-7-4-6-14-15-7/h7H,1-6H2,(H,10,11)(H2,9,12,13). The molecule has 1 amide bonds. The maximum Gasteiger partial charge on any atom is 0.351 e. The zero-order valence-corrected chi connectivity index (χ0v) is 11.3. The molecule has 0 radical (unpaired) electrons. The highest BCUT2D eigenvalue weighted by molar-refractivity contribution is 8.77. The van der Waals surface area contributed by atoms with Crippen LogP contribution < -0.4 is 10.5 Å². The number of hydrogen-bond donors (Lipinski definition) is 2. The SMILES string of the molecule is NS(=O)(=O)C(=O)NCCCCC1CCSS1. The summed E-state index contributed by atoms with van der Waals surface area (Å²) >= 11 is 0. The predicted octanol–water partition coefficient (Wildman–Crippen LogP) is 1.31. The van der Waals surface area contributed by atoms with Crippen molar-refractivity contribution in [2.24, 2.45) is 5.14 Å². The van der Waals surface area contributed by atoms with Gasteiger partial charge in [-0.1, -0.05) is 28.0 Å². The molecule has 94 valence electrons. The third-order valence-corrected chi connectivity index (χ3v) is 5.88. The zero-order valence-electron chi connectivity index (χ0n) is 8.85. The van der Waals surface area contributed by atoms with Crippen LogP contribution in [0.4, 0.5) is 4.79 Å². The molecule has 0 saturated carbocycles. The van der Waals surface area contributed by atoms with Crippen LogP contribution in [0.5, 0.6) is 0 Å². The van der Waals surface area contributed by atoms with Crippen LogP contribution in [0.3, 0.4) is 0 Å². The topological polar surface area (TPSA) is 89.3 Å². The first-order valence-corrected chi connectivity index (χ1v) is 9.02. The summed E-state index contributed by atoms with van der Waals surface area (Å²) in [6, 6.07) is 0. The van der Waals surface area contributed by atoms with Crippen LogP contribution in [-0.4, -0.2) is 31.2 Å². The van der Waals surface area contributed by atoms with Crippen molar-refractivity contribution in [2.45, 2.75) is 30.9 Å². The van der Waals surface area contributed by atoms with Gasteiger partial charge in [0.25, 0.3) is 10.0 Å². The first-order chi connectivity index (χ1) is 7.50. The molecule has 0 aromatic rings. The molecule has 16 heavy (non-hydrogen) atoms. The van der Waals surface area contributed by atoms with E-state index >= 15 is 0 Å². The second-order valence-corrected chi connectivity index (χ2v) is 7.83. The van der Waals surface area contributed by atoms with Crippen LogP contribution in [0.25, 0.3) is 0 Å². The Morgan fingerprint density at radius 1 is 1.44 bits per heavy atom. The van der Waals surface area contributed by atoms with Crippen LogP contribution >= 0.6 is 21.6 Å². The predicted molar refractivity (Wildman–Crippen MR) is 68.8 cm³/mol. The smallest absolute Gasteiger partial charge is 0.342 e. The van der Waals surface area contributed by atoms with Crippen molar-refractivity contribution in [3.63, 3.8) is 0 Å². The molecule has 0 spiro atoms. The van der Waals surface area contributed by atoms with E-state index in [0.29, 0.717) is 6.54 Å². The van der Waals surface area contributed by atoms with Gasteiger partial charge in [-0.05, 0) is 19.3 Å². The summed E-state index contributed by atoms with van der Waals surface area (Å²) in [6.45, 7) is 0.375. The van der Waals surface area contributed by atoms with Gasteiger partial charge in [-0.3, -0.25) is 4.79 Å². The van der Waals surface area contributed by atoms with Crippen molar-refractivity contribution < 1.29 is 13.2 Å². The van der Waals surface area contributed by atoms with Gasteiger partial charge in [0.1, 0.15) is 0 Å². The van der Waals surface area contributed by atoms with Crippen LogP contribution in [0.15, 0.2) is 0 Å². The second kappa shape index (κ2) is 6.73. The quantitative estimate of drug-likeness (QED) is 0.587. The molecule has 1 aliphatic rings. The molecule has 1 rings (SSSR count). The van der Waals surface area contributed by atoms with Crippen LogP contribution in [-0.2, 0) is 10.0 Å². The summed E-state index contributed by atoms with van der Waals surface area (Å²) in [5.41, 5.74) is 0. The lowest BCUT2D eigenvalue weighted by Gasteiger charge is -2.07. The number of carbonyl (C=O) groups excluding carboxylic acids is 1. The number of rotatable bonds is 5. The first kappa shape index (κ1) is 14.1. The number of nitrogens with one attached hydrogen (secondary N) is 1. The molecule has 0 bridgehead atoms. The molecule has 1 saturated heterocycles. The van der Waals surface area contributed by atoms with Crippen molar-refractivity contribution in [3.8, 4) is 0 Å². The highest BCUT2D eigenvalue weighted by atomic mass is 33.1. The fourth-order valence-electron chi connectivity index (χ4n) is 1.35. The summed E-state index contributed by atoms with van der Waals surface area (Å²) in [4.78, 5) is 10.9. The van der Waals surface area contributed by atoms with E-state index in [0.717, 1.165) is 24.5 Å². The van der Waals surface area contributed by atoms with E-state index in [1.54, 1.807) is 0 Å². The molecule has 1 aliphatic heterocycles. The van der Waals surface area contributed by atoms with Crippen LogP contribution in [0.1, 0.15) is 25.7 Å². The Labute approximate surface area is 104 Å². The lowest BCUT2D eigenvalue weighted by Crippen LogP contribution is -2.34. The summed E-state index contributed by atoms with van der Waals surface area (Å²) in [7, 11) is -0.233. The normalized spacial score (nSPS) is 20.9. The van der Waals surface area contributed by atoms with Gasteiger partial charge in [-0.2, -0.15) is 0 Å². The maximum atomic E-state index is 10.9. The van der Waals surface area contributed by atoms with E-state index in [2.05, 4.69) is 10.5 Å². The molecule has 1 unspecified atom stereocenters. The fourth-order valence-corrected chi connectivity index (χ4v) is 4.68. The molecule has 1 heterocycles. The van der Waals surface area contributed by atoms with Crippen LogP contribution in [0.2, 0.25) is 0 Å². The molecule has 5 nitrogen and oxygen atoms in total. The Kier molecular flexibility index (Phi) is 5.95. The van der Waals surface area contributed by atoms with Crippen molar-refractivity contribution in [1.82, 2.24) is 5.32 Å². The fraction of sp³-hybridized carbons (Fsp3) is 0.875. The molecule has 1 fully saturated rings. The van der Waals surface area contributed by atoms with E-state index < -0.39 is 15.3 Å². The third kappa shape index (κ3) is 5.42. The van der Waals surface area contributed by atoms with Gasteiger partial charge < -0.3 is 5.32 Å². The minimum absolute atomic E-state index is 0.375. The van der Waals surface area contributed by atoms with E-state index in [4.69, 9.17) is 0 Å².